The lowest BCUT2D eigenvalue weighted by Crippen LogP contribution is -2.46. The number of nitrogens with two attached hydrogens (primary N) is 1. The molecule has 0 spiro atoms. The monoisotopic (exact) mass is 284 g/mol. The average Bonchev–Trinajstić information content (AvgIpc) is 2.45. The Morgan fingerprint density at radius 3 is 2.75 bits per heavy atom. The Morgan fingerprint density at radius 2 is 2.15 bits per heavy atom. The van der Waals surface area contributed by atoms with Crippen molar-refractivity contribution in [2.45, 2.75) is 58.5 Å². The van der Waals surface area contributed by atoms with Crippen LogP contribution in [0.2, 0.25) is 0 Å². The number of rotatable bonds is 8. The minimum Gasteiger partial charge on any atom is -0.379 e. The van der Waals surface area contributed by atoms with Crippen molar-refractivity contribution < 1.29 is 9.53 Å². The normalized spacial score (nSPS) is 24.7. The van der Waals surface area contributed by atoms with Gasteiger partial charge in [-0.1, -0.05) is 26.7 Å². The number of hydrogen-bond acceptors (Lipinski definition) is 3. The summed E-state index contributed by atoms with van der Waals surface area (Å²) in [6.07, 6.45) is 6.28. The molecule has 0 aromatic carbocycles. The Morgan fingerprint density at radius 1 is 1.40 bits per heavy atom. The molecule has 1 aliphatic rings. The van der Waals surface area contributed by atoms with Crippen LogP contribution in [0.4, 0.5) is 0 Å². The molecule has 118 valence electrons. The number of likely N-dealkylation sites (tertiary alicyclic amines) is 1. The molecule has 4 nitrogen and oxygen atoms in total. The number of nitrogens with zero attached hydrogens (tertiary/aromatic N) is 1. The van der Waals surface area contributed by atoms with Gasteiger partial charge in [0.2, 0.25) is 5.91 Å². The van der Waals surface area contributed by atoms with Gasteiger partial charge in [0.1, 0.15) is 0 Å². The number of ether oxygens (including phenoxy) is 1. The number of carbonyl (C=O) groups excluding carboxylic acids is 1. The Bertz CT molecular complexity index is 278. The lowest BCUT2D eigenvalue weighted by atomic mass is 9.93. The molecular formula is C16H32N2O2. The first-order valence-corrected chi connectivity index (χ1v) is 8.12. The molecule has 0 aromatic rings. The van der Waals surface area contributed by atoms with Crippen molar-refractivity contribution in [3.8, 4) is 0 Å². The van der Waals surface area contributed by atoms with Crippen LogP contribution in [0.25, 0.3) is 0 Å². The van der Waals surface area contributed by atoms with Gasteiger partial charge in [0.05, 0.1) is 6.10 Å². The zero-order chi connectivity index (χ0) is 15.0. The molecule has 0 bridgehead atoms. The molecule has 2 N–H and O–H groups in total. The summed E-state index contributed by atoms with van der Waals surface area (Å²) in [6.45, 7) is 6.77. The quantitative estimate of drug-likeness (QED) is 0.744. The number of hydrogen-bond donors (Lipinski definition) is 1. The van der Waals surface area contributed by atoms with Gasteiger partial charge in [0.25, 0.3) is 0 Å². The van der Waals surface area contributed by atoms with E-state index in [2.05, 4.69) is 13.8 Å². The van der Waals surface area contributed by atoms with Gasteiger partial charge in [0, 0.05) is 26.6 Å². The zero-order valence-electron chi connectivity index (χ0n) is 13.4. The van der Waals surface area contributed by atoms with Crippen LogP contribution in [0.5, 0.6) is 0 Å². The van der Waals surface area contributed by atoms with Gasteiger partial charge in [-0.2, -0.15) is 0 Å². The van der Waals surface area contributed by atoms with Crippen LogP contribution in [0.15, 0.2) is 0 Å². The van der Waals surface area contributed by atoms with E-state index in [1.165, 1.54) is 12.8 Å². The second kappa shape index (κ2) is 9.35. The minimum absolute atomic E-state index is 0.197. The highest BCUT2D eigenvalue weighted by molar-refractivity contribution is 5.76. The molecule has 4 heteroatoms. The van der Waals surface area contributed by atoms with E-state index in [9.17, 15) is 4.79 Å². The van der Waals surface area contributed by atoms with Gasteiger partial charge in [0.15, 0.2) is 0 Å². The van der Waals surface area contributed by atoms with Gasteiger partial charge < -0.3 is 15.4 Å². The van der Waals surface area contributed by atoms with E-state index in [1.807, 2.05) is 4.90 Å². The third-order valence-corrected chi connectivity index (χ3v) is 4.58. The average molecular weight is 284 g/mol. The maximum atomic E-state index is 12.3. The molecule has 1 fully saturated rings. The molecule has 1 heterocycles. The third-order valence-electron chi connectivity index (χ3n) is 4.58. The van der Waals surface area contributed by atoms with Gasteiger partial charge in [-0.25, -0.2) is 0 Å². The van der Waals surface area contributed by atoms with Crippen molar-refractivity contribution in [3.05, 3.63) is 0 Å². The van der Waals surface area contributed by atoms with Crippen LogP contribution in [0.1, 0.15) is 52.4 Å². The summed E-state index contributed by atoms with van der Waals surface area (Å²) in [6, 6.07) is 0. The molecule has 3 atom stereocenters. The zero-order valence-corrected chi connectivity index (χ0v) is 13.4. The predicted molar refractivity (Wildman–Crippen MR) is 82.5 cm³/mol. The van der Waals surface area contributed by atoms with E-state index in [0.29, 0.717) is 18.3 Å². The fourth-order valence-corrected chi connectivity index (χ4v) is 3.13. The van der Waals surface area contributed by atoms with Crippen molar-refractivity contribution in [1.82, 2.24) is 4.90 Å². The molecule has 1 amide bonds. The standard InChI is InChI=1S/C16H32N2O2/c1-4-5-14(8-10-17)6-7-16(19)18-11-9-13(2)15(12-18)20-3/h13-15H,4-12,17H2,1-3H3. The van der Waals surface area contributed by atoms with E-state index in [0.717, 1.165) is 38.9 Å². The summed E-state index contributed by atoms with van der Waals surface area (Å²) >= 11 is 0. The van der Waals surface area contributed by atoms with E-state index in [4.69, 9.17) is 10.5 Å². The second-order valence-corrected chi connectivity index (χ2v) is 6.15. The maximum absolute atomic E-state index is 12.3. The first kappa shape index (κ1) is 17.4. The van der Waals surface area contributed by atoms with Gasteiger partial charge in [-0.3, -0.25) is 4.79 Å². The van der Waals surface area contributed by atoms with E-state index in [-0.39, 0.29) is 12.0 Å². The third kappa shape index (κ3) is 5.41. The molecule has 0 saturated carbocycles. The van der Waals surface area contributed by atoms with Crippen molar-refractivity contribution >= 4 is 5.91 Å². The molecule has 0 aromatic heterocycles. The Labute approximate surface area is 124 Å². The van der Waals surface area contributed by atoms with Crippen LogP contribution in [0, 0.1) is 11.8 Å². The summed E-state index contributed by atoms with van der Waals surface area (Å²) in [5.74, 6) is 1.45. The van der Waals surface area contributed by atoms with Crippen LogP contribution < -0.4 is 5.73 Å². The fraction of sp³-hybridized carbons (Fsp3) is 0.938. The van der Waals surface area contributed by atoms with Crippen molar-refractivity contribution in [3.63, 3.8) is 0 Å². The second-order valence-electron chi connectivity index (χ2n) is 6.15. The summed E-state index contributed by atoms with van der Waals surface area (Å²) in [7, 11) is 1.74. The summed E-state index contributed by atoms with van der Waals surface area (Å²) < 4.78 is 5.48. The largest absolute Gasteiger partial charge is 0.379 e. The van der Waals surface area contributed by atoms with Gasteiger partial charge in [-0.15, -0.1) is 0 Å². The Balaban J connectivity index is 2.38. The highest BCUT2D eigenvalue weighted by atomic mass is 16.5. The van der Waals surface area contributed by atoms with Crippen molar-refractivity contribution in [2.24, 2.45) is 17.6 Å². The maximum Gasteiger partial charge on any atom is 0.222 e. The topological polar surface area (TPSA) is 55.6 Å². The van der Waals surface area contributed by atoms with Crippen LogP contribution >= 0.6 is 0 Å². The van der Waals surface area contributed by atoms with E-state index in [1.54, 1.807) is 7.11 Å². The summed E-state index contributed by atoms with van der Waals surface area (Å²) in [5, 5.41) is 0. The lowest BCUT2D eigenvalue weighted by Gasteiger charge is -2.36. The molecular weight excluding hydrogens is 252 g/mol. The molecule has 3 unspecified atom stereocenters. The number of carbonyl (C=O) groups is 1. The summed E-state index contributed by atoms with van der Waals surface area (Å²) in [5.41, 5.74) is 5.65. The number of amides is 1. The van der Waals surface area contributed by atoms with Crippen LogP contribution in [0.3, 0.4) is 0 Å². The molecule has 0 aliphatic carbocycles. The van der Waals surface area contributed by atoms with E-state index >= 15 is 0 Å². The Kier molecular flexibility index (Phi) is 8.15. The van der Waals surface area contributed by atoms with Gasteiger partial charge >= 0.3 is 0 Å². The number of methoxy groups -OCH3 is 1. The van der Waals surface area contributed by atoms with Crippen molar-refractivity contribution in [1.29, 1.82) is 0 Å². The first-order valence-electron chi connectivity index (χ1n) is 8.12. The number of piperidine rings is 1. The predicted octanol–water partition coefficient (Wildman–Crippen LogP) is 2.42. The molecule has 20 heavy (non-hydrogen) atoms. The molecule has 1 aliphatic heterocycles. The van der Waals surface area contributed by atoms with Crippen molar-refractivity contribution in [2.75, 3.05) is 26.7 Å². The first-order chi connectivity index (χ1) is 9.62. The summed E-state index contributed by atoms with van der Waals surface area (Å²) in [4.78, 5) is 14.3. The fourth-order valence-electron chi connectivity index (χ4n) is 3.13. The smallest absolute Gasteiger partial charge is 0.222 e. The highest BCUT2D eigenvalue weighted by Crippen LogP contribution is 2.22. The van der Waals surface area contributed by atoms with Crippen LogP contribution in [-0.4, -0.2) is 43.7 Å². The highest BCUT2D eigenvalue weighted by Gasteiger charge is 2.28. The molecule has 1 saturated heterocycles. The molecule has 0 radical (unpaired) electrons. The van der Waals surface area contributed by atoms with Crippen LogP contribution in [-0.2, 0) is 9.53 Å². The minimum atomic E-state index is 0.197. The SMILES string of the molecule is CCCC(CCN)CCC(=O)N1CCC(C)C(OC)C1. The lowest BCUT2D eigenvalue weighted by molar-refractivity contribution is -0.136. The molecule has 1 rings (SSSR count). The Hall–Kier alpha value is -0.610. The van der Waals surface area contributed by atoms with Gasteiger partial charge in [-0.05, 0) is 37.6 Å². The van der Waals surface area contributed by atoms with E-state index < -0.39 is 0 Å².